The van der Waals surface area contributed by atoms with Gasteiger partial charge in [0.25, 0.3) is 0 Å². The van der Waals surface area contributed by atoms with Crippen LogP contribution in [0.25, 0.3) is 0 Å². The Kier molecular flexibility index (Phi) is 7.06. The summed E-state index contributed by atoms with van der Waals surface area (Å²) < 4.78 is 4.90. The average molecular weight is 338 g/mol. The van der Waals surface area contributed by atoms with Crippen LogP contribution in [0.5, 0.6) is 0 Å². The fraction of sp³-hybridized carbons (Fsp3) is 0.833. The molecule has 0 spiro atoms. The zero-order chi connectivity index (χ0) is 17.5. The van der Waals surface area contributed by atoms with Crippen molar-refractivity contribution < 1.29 is 19.1 Å². The van der Waals surface area contributed by atoms with Crippen LogP contribution in [-0.2, 0) is 19.1 Å². The molecule has 0 bridgehead atoms. The van der Waals surface area contributed by atoms with Crippen LogP contribution < -0.4 is 0 Å². The van der Waals surface area contributed by atoms with Crippen LogP contribution in [0.3, 0.4) is 0 Å². The highest BCUT2D eigenvalue weighted by Gasteiger charge is 2.35. The van der Waals surface area contributed by atoms with E-state index in [4.69, 9.17) is 4.74 Å². The molecule has 2 fully saturated rings. The van der Waals surface area contributed by atoms with Gasteiger partial charge in [-0.05, 0) is 26.2 Å². The first-order valence-electron chi connectivity index (χ1n) is 9.23. The van der Waals surface area contributed by atoms with Crippen LogP contribution in [-0.4, -0.2) is 60.4 Å². The van der Waals surface area contributed by atoms with E-state index in [2.05, 4.69) is 0 Å². The lowest BCUT2D eigenvalue weighted by atomic mass is 9.93. The molecule has 1 heterocycles. The van der Waals surface area contributed by atoms with Gasteiger partial charge in [-0.1, -0.05) is 25.7 Å². The van der Waals surface area contributed by atoms with Crippen LogP contribution in [0.1, 0.15) is 58.3 Å². The van der Waals surface area contributed by atoms with Gasteiger partial charge in [0, 0.05) is 26.1 Å². The molecule has 6 nitrogen and oxygen atoms in total. The number of likely N-dealkylation sites (N-methyl/N-ethyl adjacent to an activating group) is 1. The molecule has 1 aliphatic carbocycles. The van der Waals surface area contributed by atoms with E-state index in [0.717, 1.165) is 25.7 Å². The summed E-state index contributed by atoms with van der Waals surface area (Å²) in [5.41, 5.74) is 0. The Morgan fingerprint density at radius 1 is 1.17 bits per heavy atom. The van der Waals surface area contributed by atoms with Gasteiger partial charge >= 0.3 is 5.97 Å². The molecule has 1 saturated carbocycles. The van der Waals surface area contributed by atoms with E-state index in [-0.39, 0.29) is 36.3 Å². The van der Waals surface area contributed by atoms with Crippen LogP contribution in [0.4, 0.5) is 0 Å². The maximum atomic E-state index is 12.6. The number of carbonyl (C=O) groups is 3. The molecule has 0 N–H and O–H groups in total. The third kappa shape index (κ3) is 4.95. The maximum Gasteiger partial charge on any atom is 0.325 e. The van der Waals surface area contributed by atoms with Crippen LogP contribution in [0.15, 0.2) is 0 Å². The van der Waals surface area contributed by atoms with Gasteiger partial charge in [0.15, 0.2) is 0 Å². The fourth-order valence-corrected chi connectivity index (χ4v) is 3.79. The van der Waals surface area contributed by atoms with E-state index < -0.39 is 0 Å². The zero-order valence-corrected chi connectivity index (χ0v) is 15.0. The molecule has 0 radical (unpaired) electrons. The van der Waals surface area contributed by atoms with Gasteiger partial charge in [-0.3, -0.25) is 14.4 Å². The Balaban J connectivity index is 1.94. The standard InChI is InChI=1S/C18H30N2O4/c1-3-24-17(22)13-19(2)18(23)14-10-11-16(21)20(12-14)15-8-6-4-5-7-9-15/h14-15H,3-13H2,1-2H3/t14-/m0/s1. The number of carbonyl (C=O) groups excluding carboxylic acids is 3. The van der Waals surface area contributed by atoms with Crippen molar-refractivity contribution >= 4 is 17.8 Å². The number of ether oxygens (including phenoxy) is 1. The number of hydrogen-bond acceptors (Lipinski definition) is 4. The normalized spacial score (nSPS) is 22.8. The van der Waals surface area contributed by atoms with Crippen molar-refractivity contribution in [2.75, 3.05) is 26.7 Å². The van der Waals surface area contributed by atoms with Crippen molar-refractivity contribution in [2.24, 2.45) is 5.92 Å². The van der Waals surface area contributed by atoms with Crippen LogP contribution in [0, 0.1) is 5.92 Å². The zero-order valence-electron chi connectivity index (χ0n) is 15.0. The third-order valence-electron chi connectivity index (χ3n) is 5.11. The van der Waals surface area contributed by atoms with Crippen LogP contribution in [0.2, 0.25) is 0 Å². The second-order valence-electron chi connectivity index (χ2n) is 6.93. The molecule has 0 aromatic carbocycles. The summed E-state index contributed by atoms with van der Waals surface area (Å²) in [7, 11) is 1.63. The highest BCUT2D eigenvalue weighted by molar-refractivity contribution is 5.86. The molecule has 24 heavy (non-hydrogen) atoms. The van der Waals surface area contributed by atoms with Gasteiger partial charge in [0.1, 0.15) is 6.54 Å². The Bertz CT molecular complexity index is 458. The van der Waals surface area contributed by atoms with E-state index in [1.807, 2.05) is 4.90 Å². The predicted molar refractivity (Wildman–Crippen MR) is 90.2 cm³/mol. The van der Waals surface area contributed by atoms with E-state index in [0.29, 0.717) is 26.0 Å². The smallest absolute Gasteiger partial charge is 0.325 e. The maximum absolute atomic E-state index is 12.6. The SMILES string of the molecule is CCOC(=O)CN(C)C(=O)[C@H]1CCC(=O)N(C2CCCCCC2)C1. The molecule has 0 aromatic heterocycles. The number of piperidine rings is 1. The van der Waals surface area contributed by atoms with Gasteiger partial charge in [-0.2, -0.15) is 0 Å². The minimum atomic E-state index is -0.388. The molecule has 6 heteroatoms. The summed E-state index contributed by atoms with van der Waals surface area (Å²) >= 11 is 0. The Hall–Kier alpha value is -1.59. The summed E-state index contributed by atoms with van der Waals surface area (Å²) in [4.78, 5) is 39.9. The molecule has 2 amide bonds. The van der Waals surface area contributed by atoms with Crippen molar-refractivity contribution in [3.8, 4) is 0 Å². The van der Waals surface area contributed by atoms with Crippen molar-refractivity contribution in [3.63, 3.8) is 0 Å². The number of amides is 2. The van der Waals surface area contributed by atoms with Gasteiger partial charge in [0.2, 0.25) is 11.8 Å². The summed E-state index contributed by atoms with van der Waals surface area (Å²) in [6.45, 7) is 2.53. The fourth-order valence-electron chi connectivity index (χ4n) is 3.79. The highest BCUT2D eigenvalue weighted by Crippen LogP contribution is 2.28. The van der Waals surface area contributed by atoms with Crippen molar-refractivity contribution in [1.82, 2.24) is 9.80 Å². The molecular weight excluding hydrogens is 308 g/mol. The average Bonchev–Trinajstić information content (AvgIpc) is 2.84. The topological polar surface area (TPSA) is 66.9 Å². The van der Waals surface area contributed by atoms with E-state index in [1.54, 1.807) is 14.0 Å². The van der Waals surface area contributed by atoms with E-state index in [1.165, 1.54) is 17.7 Å². The van der Waals surface area contributed by atoms with E-state index >= 15 is 0 Å². The minimum absolute atomic E-state index is 0.0272. The Morgan fingerprint density at radius 2 is 1.83 bits per heavy atom. The molecule has 2 rings (SSSR count). The second kappa shape index (κ2) is 9.04. The molecule has 1 aliphatic heterocycles. The van der Waals surface area contributed by atoms with Crippen LogP contribution >= 0.6 is 0 Å². The number of nitrogens with zero attached hydrogens (tertiary/aromatic N) is 2. The van der Waals surface area contributed by atoms with Crippen molar-refractivity contribution in [1.29, 1.82) is 0 Å². The number of rotatable bonds is 5. The quantitative estimate of drug-likeness (QED) is 0.568. The summed E-state index contributed by atoms with van der Waals surface area (Å²) in [6, 6.07) is 0.283. The monoisotopic (exact) mass is 338 g/mol. The lowest BCUT2D eigenvalue weighted by Gasteiger charge is -2.38. The van der Waals surface area contributed by atoms with Crippen molar-refractivity contribution in [2.45, 2.75) is 64.3 Å². The van der Waals surface area contributed by atoms with Crippen molar-refractivity contribution in [3.05, 3.63) is 0 Å². The van der Waals surface area contributed by atoms with Gasteiger partial charge < -0.3 is 14.5 Å². The molecular formula is C18H30N2O4. The first-order valence-corrected chi connectivity index (χ1v) is 9.23. The minimum Gasteiger partial charge on any atom is -0.465 e. The molecule has 1 saturated heterocycles. The lowest BCUT2D eigenvalue weighted by Crippen LogP contribution is -2.50. The van der Waals surface area contributed by atoms with Gasteiger partial charge in [-0.25, -0.2) is 0 Å². The molecule has 0 unspecified atom stereocenters. The number of likely N-dealkylation sites (tertiary alicyclic amines) is 1. The second-order valence-corrected chi connectivity index (χ2v) is 6.93. The first kappa shape index (κ1) is 18.7. The summed E-state index contributed by atoms with van der Waals surface area (Å²) in [6.07, 6.45) is 7.91. The summed E-state index contributed by atoms with van der Waals surface area (Å²) in [5.74, 6) is -0.473. The Morgan fingerprint density at radius 3 is 2.46 bits per heavy atom. The highest BCUT2D eigenvalue weighted by atomic mass is 16.5. The van der Waals surface area contributed by atoms with Gasteiger partial charge in [0.05, 0.1) is 12.5 Å². The molecule has 1 atom stereocenters. The Labute approximate surface area is 144 Å². The third-order valence-corrected chi connectivity index (χ3v) is 5.11. The largest absolute Gasteiger partial charge is 0.465 e. The van der Waals surface area contributed by atoms with Gasteiger partial charge in [-0.15, -0.1) is 0 Å². The lowest BCUT2D eigenvalue weighted by molar-refractivity contribution is -0.152. The predicted octanol–water partition coefficient (Wildman–Crippen LogP) is 1.97. The summed E-state index contributed by atoms with van der Waals surface area (Å²) in [5, 5.41) is 0. The van der Waals surface area contributed by atoms with E-state index in [9.17, 15) is 14.4 Å². The number of esters is 1. The molecule has 136 valence electrons. The first-order chi connectivity index (χ1) is 11.5. The number of hydrogen-bond donors (Lipinski definition) is 0. The molecule has 2 aliphatic rings. The molecule has 0 aromatic rings.